The minimum absolute atomic E-state index is 0.147. The van der Waals surface area contributed by atoms with Gasteiger partial charge >= 0.3 is 5.69 Å². The van der Waals surface area contributed by atoms with Crippen LogP contribution in [0.1, 0.15) is 0 Å². The number of methoxy groups -OCH3 is 1. The van der Waals surface area contributed by atoms with Gasteiger partial charge in [-0.3, -0.25) is 14.2 Å². The number of aromatic nitrogens is 2. The molecule has 0 atom stereocenters. The molecule has 0 radical (unpaired) electrons. The Morgan fingerprint density at radius 3 is 2.77 bits per heavy atom. The van der Waals surface area contributed by atoms with Crippen LogP contribution >= 0.6 is 11.3 Å². The standard InChI is InChI=1S/C17H16FN3O4S/c1-25-8-7-19-14(22)10-20-13-6-9-26-15(13)16(23)21(17(20)24)12-5-3-2-4-11(12)18/h2-6,9H,7-8,10H2,1H3,(H,19,22). The summed E-state index contributed by atoms with van der Waals surface area (Å²) in [5.74, 6) is -1.10. The first-order valence-electron chi connectivity index (χ1n) is 7.78. The molecule has 3 rings (SSSR count). The molecule has 0 saturated heterocycles. The number of halogens is 1. The van der Waals surface area contributed by atoms with E-state index in [1.165, 1.54) is 35.9 Å². The van der Waals surface area contributed by atoms with E-state index in [1.807, 2.05) is 0 Å². The summed E-state index contributed by atoms with van der Waals surface area (Å²) in [7, 11) is 1.51. The number of nitrogens with one attached hydrogen (secondary N) is 1. The van der Waals surface area contributed by atoms with Gasteiger partial charge in [0.25, 0.3) is 5.56 Å². The average Bonchev–Trinajstić information content (AvgIpc) is 3.10. The van der Waals surface area contributed by atoms with Crippen molar-refractivity contribution in [3.05, 3.63) is 62.4 Å². The van der Waals surface area contributed by atoms with E-state index < -0.39 is 23.0 Å². The van der Waals surface area contributed by atoms with Crippen LogP contribution in [0.4, 0.5) is 4.39 Å². The first-order valence-corrected chi connectivity index (χ1v) is 8.66. The number of benzene rings is 1. The maximum absolute atomic E-state index is 14.2. The van der Waals surface area contributed by atoms with E-state index in [-0.39, 0.29) is 16.9 Å². The molecule has 0 aliphatic carbocycles. The molecule has 9 heteroatoms. The molecule has 1 aromatic carbocycles. The fourth-order valence-electron chi connectivity index (χ4n) is 2.58. The van der Waals surface area contributed by atoms with Crippen molar-refractivity contribution in [1.29, 1.82) is 0 Å². The quantitative estimate of drug-likeness (QED) is 0.653. The minimum atomic E-state index is -0.770. The first kappa shape index (κ1) is 18.0. The Balaban J connectivity index is 2.14. The summed E-state index contributed by atoms with van der Waals surface area (Å²) in [6.45, 7) is 0.345. The maximum atomic E-state index is 14.2. The van der Waals surface area contributed by atoms with Crippen LogP contribution in [0.25, 0.3) is 15.9 Å². The van der Waals surface area contributed by atoms with E-state index in [0.29, 0.717) is 18.7 Å². The molecule has 0 spiro atoms. The molecule has 3 aromatic rings. The van der Waals surface area contributed by atoms with Crippen molar-refractivity contribution in [3.63, 3.8) is 0 Å². The molecule has 2 heterocycles. The van der Waals surface area contributed by atoms with Crippen molar-refractivity contribution in [2.24, 2.45) is 0 Å². The number of para-hydroxylation sites is 1. The fraction of sp³-hybridized carbons (Fsp3) is 0.235. The van der Waals surface area contributed by atoms with Crippen molar-refractivity contribution in [3.8, 4) is 5.69 Å². The second-order valence-corrected chi connectivity index (χ2v) is 6.35. The average molecular weight is 377 g/mol. The Bertz CT molecular complexity index is 1070. The summed E-state index contributed by atoms with van der Waals surface area (Å²) < 4.78 is 21.2. The number of fused-ring (bicyclic) bond motifs is 1. The number of hydrogen-bond acceptors (Lipinski definition) is 5. The van der Waals surface area contributed by atoms with Gasteiger partial charge in [-0.25, -0.2) is 13.8 Å². The molecule has 2 aromatic heterocycles. The molecule has 7 nitrogen and oxygen atoms in total. The van der Waals surface area contributed by atoms with Gasteiger partial charge in [-0.05, 0) is 23.6 Å². The summed E-state index contributed by atoms with van der Waals surface area (Å²) >= 11 is 1.13. The summed E-state index contributed by atoms with van der Waals surface area (Å²) in [6, 6.07) is 7.11. The van der Waals surface area contributed by atoms with Gasteiger partial charge in [0.05, 0.1) is 17.8 Å². The molecule has 1 amide bonds. The van der Waals surface area contributed by atoms with Crippen LogP contribution in [0.3, 0.4) is 0 Å². The second kappa shape index (κ2) is 7.63. The Kier molecular flexibility index (Phi) is 5.29. The van der Waals surface area contributed by atoms with Gasteiger partial charge < -0.3 is 10.1 Å². The smallest absolute Gasteiger partial charge is 0.336 e. The molecule has 26 heavy (non-hydrogen) atoms. The lowest BCUT2D eigenvalue weighted by atomic mass is 10.3. The lowest BCUT2D eigenvalue weighted by Gasteiger charge is -2.12. The Morgan fingerprint density at radius 2 is 2.04 bits per heavy atom. The van der Waals surface area contributed by atoms with Gasteiger partial charge in [-0.15, -0.1) is 11.3 Å². The molecule has 136 valence electrons. The second-order valence-electron chi connectivity index (χ2n) is 5.44. The van der Waals surface area contributed by atoms with Gasteiger partial charge in [-0.2, -0.15) is 0 Å². The van der Waals surface area contributed by atoms with E-state index in [9.17, 15) is 18.8 Å². The van der Waals surface area contributed by atoms with Crippen LogP contribution in [-0.2, 0) is 16.1 Å². The Labute approximate surface area is 151 Å². The van der Waals surface area contributed by atoms with E-state index in [0.717, 1.165) is 15.9 Å². The van der Waals surface area contributed by atoms with E-state index in [1.54, 1.807) is 11.4 Å². The topological polar surface area (TPSA) is 82.3 Å². The number of amides is 1. The summed E-state index contributed by atoms with van der Waals surface area (Å²) in [5.41, 5.74) is -1.18. The Hall–Kier alpha value is -2.78. The molecule has 0 aliphatic rings. The zero-order valence-electron chi connectivity index (χ0n) is 13.9. The summed E-state index contributed by atoms with van der Waals surface area (Å²) in [4.78, 5) is 37.7. The number of carbonyl (C=O) groups is 1. The third kappa shape index (κ3) is 3.31. The van der Waals surface area contributed by atoms with E-state index in [4.69, 9.17) is 4.74 Å². The predicted octanol–water partition coefficient (Wildman–Crippen LogP) is 1.12. The number of nitrogens with zero attached hydrogens (tertiary/aromatic N) is 2. The predicted molar refractivity (Wildman–Crippen MR) is 96.5 cm³/mol. The van der Waals surface area contributed by atoms with Crippen LogP contribution in [0.5, 0.6) is 0 Å². The highest BCUT2D eigenvalue weighted by Crippen LogP contribution is 2.17. The van der Waals surface area contributed by atoms with Gasteiger partial charge in [0.2, 0.25) is 5.91 Å². The lowest BCUT2D eigenvalue weighted by molar-refractivity contribution is -0.121. The van der Waals surface area contributed by atoms with Gasteiger partial charge in [0.1, 0.15) is 17.1 Å². The molecular weight excluding hydrogens is 361 g/mol. The number of ether oxygens (including phenoxy) is 1. The maximum Gasteiger partial charge on any atom is 0.336 e. The van der Waals surface area contributed by atoms with Crippen molar-refractivity contribution in [2.45, 2.75) is 6.54 Å². The fourth-order valence-corrected chi connectivity index (χ4v) is 3.40. The zero-order valence-corrected chi connectivity index (χ0v) is 14.7. The monoisotopic (exact) mass is 377 g/mol. The van der Waals surface area contributed by atoms with E-state index in [2.05, 4.69) is 5.32 Å². The highest BCUT2D eigenvalue weighted by Gasteiger charge is 2.19. The number of rotatable bonds is 6. The number of carbonyl (C=O) groups excluding carboxylic acids is 1. The third-order valence-corrected chi connectivity index (χ3v) is 4.67. The van der Waals surface area contributed by atoms with Crippen LogP contribution in [0.2, 0.25) is 0 Å². The normalized spacial score (nSPS) is 11.0. The lowest BCUT2D eigenvalue weighted by Crippen LogP contribution is -2.42. The van der Waals surface area contributed by atoms with Gasteiger partial charge in [0, 0.05) is 13.7 Å². The van der Waals surface area contributed by atoms with Crippen molar-refractivity contribution >= 4 is 27.5 Å². The molecule has 0 aliphatic heterocycles. The molecule has 0 saturated carbocycles. The number of thiophene rings is 1. The van der Waals surface area contributed by atoms with Crippen molar-refractivity contribution < 1.29 is 13.9 Å². The van der Waals surface area contributed by atoms with Crippen molar-refractivity contribution in [2.75, 3.05) is 20.3 Å². The minimum Gasteiger partial charge on any atom is -0.383 e. The largest absolute Gasteiger partial charge is 0.383 e. The first-order chi connectivity index (χ1) is 12.5. The van der Waals surface area contributed by atoms with Crippen LogP contribution in [-0.4, -0.2) is 35.3 Å². The zero-order chi connectivity index (χ0) is 18.7. The van der Waals surface area contributed by atoms with Crippen LogP contribution in [0, 0.1) is 5.82 Å². The molecule has 0 bridgehead atoms. The van der Waals surface area contributed by atoms with Gasteiger partial charge in [0.15, 0.2) is 0 Å². The molecule has 1 N–H and O–H groups in total. The van der Waals surface area contributed by atoms with E-state index >= 15 is 0 Å². The molecule has 0 unspecified atom stereocenters. The highest BCUT2D eigenvalue weighted by atomic mass is 32.1. The van der Waals surface area contributed by atoms with Gasteiger partial charge in [-0.1, -0.05) is 12.1 Å². The molecule has 0 fully saturated rings. The highest BCUT2D eigenvalue weighted by molar-refractivity contribution is 7.17. The molecular formula is C17H16FN3O4S. The Morgan fingerprint density at radius 1 is 1.27 bits per heavy atom. The SMILES string of the molecule is COCCNC(=O)Cn1c(=O)n(-c2ccccc2F)c(=O)c2sccc21. The van der Waals surface area contributed by atoms with Crippen LogP contribution in [0.15, 0.2) is 45.3 Å². The summed E-state index contributed by atoms with van der Waals surface area (Å²) in [5, 5.41) is 4.27. The van der Waals surface area contributed by atoms with Crippen LogP contribution < -0.4 is 16.6 Å². The van der Waals surface area contributed by atoms with Crippen molar-refractivity contribution in [1.82, 2.24) is 14.5 Å². The summed E-state index contributed by atoms with van der Waals surface area (Å²) in [6.07, 6.45) is 0. The third-order valence-electron chi connectivity index (χ3n) is 3.78. The number of hydrogen-bond donors (Lipinski definition) is 1.